The molecule has 1 heterocycles. The Balaban J connectivity index is 1.94. The fourth-order valence-corrected chi connectivity index (χ4v) is 2.49. The maximum Gasteiger partial charge on any atom is 0.273 e. The Hall–Kier alpha value is -0.940. The van der Waals surface area contributed by atoms with Crippen LogP contribution in [0.4, 0.5) is 0 Å². The van der Waals surface area contributed by atoms with Crippen molar-refractivity contribution in [2.45, 2.75) is 25.8 Å². The van der Waals surface area contributed by atoms with Crippen molar-refractivity contribution in [2.75, 3.05) is 13.6 Å². The quantitative estimate of drug-likeness (QED) is 0.865. The van der Waals surface area contributed by atoms with E-state index in [1.807, 2.05) is 7.05 Å². The van der Waals surface area contributed by atoms with Gasteiger partial charge in [0, 0.05) is 25.5 Å². The van der Waals surface area contributed by atoms with Crippen molar-refractivity contribution in [1.82, 2.24) is 9.88 Å². The molecule has 88 valence electrons. The van der Waals surface area contributed by atoms with Crippen LogP contribution in [-0.4, -0.2) is 29.4 Å². The average molecular weight is 239 g/mol. The van der Waals surface area contributed by atoms with Crippen molar-refractivity contribution in [3.63, 3.8) is 0 Å². The third-order valence-corrected chi connectivity index (χ3v) is 3.92. The van der Waals surface area contributed by atoms with Crippen LogP contribution in [0.3, 0.4) is 0 Å². The summed E-state index contributed by atoms with van der Waals surface area (Å²) < 4.78 is 0. The Kier molecular flexibility index (Phi) is 3.56. The van der Waals surface area contributed by atoms with Crippen LogP contribution in [-0.2, 0) is 6.54 Å². The number of nitrogens with zero attached hydrogens (tertiary/aromatic N) is 2. The molecule has 0 aromatic carbocycles. The van der Waals surface area contributed by atoms with Gasteiger partial charge in [-0.25, -0.2) is 4.98 Å². The maximum absolute atomic E-state index is 12.0. The number of carbonyl (C=O) groups is 1. The first-order valence-corrected chi connectivity index (χ1v) is 6.48. The molecule has 1 aliphatic rings. The van der Waals surface area contributed by atoms with E-state index in [1.165, 1.54) is 30.6 Å². The molecule has 0 spiro atoms. The zero-order valence-corrected chi connectivity index (χ0v) is 10.3. The zero-order chi connectivity index (χ0) is 11.5. The summed E-state index contributed by atoms with van der Waals surface area (Å²) in [6.07, 6.45) is 3.81. The molecule has 0 atom stereocenters. The number of amides is 1. The molecule has 0 bridgehead atoms. The van der Waals surface area contributed by atoms with Crippen LogP contribution < -0.4 is 5.73 Å². The zero-order valence-electron chi connectivity index (χ0n) is 9.48. The van der Waals surface area contributed by atoms with Crippen LogP contribution in [0.1, 0.15) is 34.8 Å². The lowest BCUT2D eigenvalue weighted by Gasteiger charge is -2.29. The highest BCUT2D eigenvalue weighted by atomic mass is 32.1. The van der Waals surface area contributed by atoms with Gasteiger partial charge in [0.2, 0.25) is 0 Å². The van der Waals surface area contributed by atoms with Crippen molar-refractivity contribution in [3.05, 3.63) is 16.1 Å². The summed E-state index contributed by atoms with van der Waals surface area (Å²) in [6, 6.07) is 0. The minimum Gasteiger partial charge on any atom is -0.340 e. The molecule has 0 unspecified atom stereocenters. The van der Waals surface area contributed by atoms with Gasteiger partial charge in [-0.3, -0.25) is 4.79 Å². The van der Waals surface area contributed by atoms with E-state index in [1.54, 1.807) is 10.3 Å². The monoisotopic (exact) mass is 239 g/mol. The summed E-state index contributed by atoms with van der Waals surface area (Å²) in [5.41, 5.74) is 6.01. The van der Waals surface area contributed by atoms with E-state index in [0.29, 0.717) is 18.2 Å². The molecule has 16 heavy (non-hydrogen) atoms. The summed E-state index contributed by atoms with van der Waals surface area (Å²) in [4.78, 5) is 18.0. The van der Waals surface area contributed by atoms with Gasteiger partial charge in [-0.15, -0.1) is 11.3 Å². The van der Waals surface area contributed by atoms with E-state index < -0.39 is 0 Å². The highest BCUT2D eigenvalue weighted by Gasteiger charge is 2.23. The Morgan fingerprint density at radius 2 is 2.44 bits per heavy atom. The van der Waals surface area contributed by atoms with Gasteiger partial charge in [0.15, 0.2) is 0 Å². The minimum absolute atomic E-state index is 0.0165. The lowest BCUT2D eigenvalue weighted by atomic mass is 9.85. The molecule has 0 radical (unpaired) electrons. The lowest BCUT2D eigenvalue weighted by Crippen LogP contribution is -2.34. The van der Waals surface area contributed by atoms with Crippen molar-refractivity contribution in [1.29, 1.82) is 0 Å². The Labute approximate surface area is 99.5 Å². The van der Waals surface area contributed by atoms with Crippen molar-refractivity contribution < 1.29 is 4.79 Å². The molecular formula is C11H17N3OS. The third-order valence-electron chi connectivity index (χ3n) is 3.05. The predicted octanol–water partition coefficient (Wildman–Crippen LogP) is 1.47. The van der Waals surface area contributed by atoms with Gasteiger partial charge in [0.1, 0.15) is 10.7 Å². The van der Waals surface area contributed by atoms with Crippen LogP contribution in [0.2, 0.25) is 0 Å². The molecule has 2 N–H and O–H groups in total. The fraction of sp³-hybridized carbons (Fsp3) is 0.636. The summed E-state index contributed by atoms with van der Waals surface area (Å²) in [5.74, 6) is 0.712. The molecule has 1 saturated carbocycles. The largest absolute Gasteiger partial charge is 0.340 e. The highest BCUT2D eigenvalue weighted by Crippen LogP contribution is 2.27. The molecule has 4 nitrogen and oxygen atoms in total. The Morgan fingerprint density at radius 3 is 2.94 bits per heavy atom. The van der Waals surface area contributed by atoms with Crippen molar-refractivity contribution in [2.24, 2.45) is 11.7 Å². The maximum atomic E-state index is 12.0. The summed E-state index contributed by atoms with van der Waals surface area (Å²) in [6.45, 7) is 1.26. The van der Waals surface area contributed by atoms with Gasteiger partial charge >= 0.3 is 0 Å². The smallest absolute Gasteiger partial charge is 0.273 e. The first kappa shape index (κ1) is 11.5. The van der Waals surface area contributed by atoms with E-state index in [4.69, 9.17) is 5.73 Å². The van der Waals surface area contributed by atoms with Gasteiger partial charge in [-0.05, 0) is 18.8 Å². The van der Waals surface area contributed by atoms with E-state index in [2.05, 4.69) is 4.98 Å². The van der Waals surface area contributed by atoms with Gasteiger partial charge in [0.05, 0.1) is 0 Å². The molecule has 0 aliphatic heterocycles. The lowest BCUT2D eigenvalue weighted by molar-refractivity contribution is 0.0740. The number of hydrogen-bond donors (Lipinski definition) is 1. The van der Waals surface area contributed by atoms with E-state index in [0.717, 1.165) is 11.6 Å². The Bertz CT molecular complexity index is 373. The molecule has 1 aliphatic carbocycles. The minimum atomic E-state index is 0.0165. The van der Waals surface area contributed by atoms with Gasteiger partial charge in [0.25, 0.3) is 5.91 Å². The van der Waals surface area contributed by atoms with Crippen LogP contribution in [0.15, 0.2) is 5.38 Å². The fourth-order valence-electron chi connectivity index (χ4n) is 1.84. The molecule has 1 aromatic rings. The molecular weight excluding hydrogens is 222 g/mol. The van der Waals surface area contributed by atoms with Gasteiger partial charge < -0.3 is 10.6 Å². The first-order valence-electron chi connectivity index (χ1n) is 5.60. The molecule has 1 amide bonds. The van der Waals surface area contributed by atoms with Crippen molar-refractivity contribution >= 4 is 17.2 Å². The molecule has 5 heteroatoms. The molecule has 2 rings (SSSR count). The number of rotatable bonds is 4. The standard InChI is InChI=1S/C11H17N3OS/c1-14(6-8-3-2-4-8)11(15)9-7-16-10(5-12)13-9/h7-8H,2-6,12H2,1H3. The van der Waals surface area contributed by atoms with Crippen LogP contribution in [0.5, 0.6) is 0 Å². The third kappa shape index (κ3) is 2.41. The van der Waals surface area contributed by atoms with E-state index in [9.17, 15) is 4.79 Å². The second-order valence-corrected chi connectivity index (χ2v) is 5.26. The Morgan fingerprint density at radius 1 is 1.69 bits per heavy atom. The highest BCUT2D eigenvalue weighted by molar-refractivity contribution is 7.09. The first-order chi connectivity index (χ1) is 7.70. The predicted molar refractivity (Wildman–Crippen MR) is 64.3 cm³/mol. The normalized spacial score (nSPS) is 15.9. The summed E-state index contributed by atoms with van der Waals surface area (Å²) >= 11 is 1.45. The molecule has 0 saturated heterocycles. The van der Waals surface area contributed by atoms with Crippen LogP contribution in [0, 0.1) is 5.92 Å². The van der Waals surface area contributed by atoms with Crippen molar-refractivity contribution in [3.8, 4) is 0 Å². The number of hydrogen-bond acceptors (Lipinski definition) is 4. The van der Waals surface area contributed by atoms with Gasteiger partial charge in [-0.2, -0.15) is 0 Å². The number of nitrogens with two attached hydrogens (primary N) is 1. The van der Waals surface area contributed by atoms with Crippen LogP contribution >= 0.6 is 11.3 Å². The van der Waals surface area contributed by atoms with Crippen LogP contribution in [0.25, 0.3) is 0 Å². The number of aromatic nitrogens is 1. The van der Waals surface area contributed by atoms with E-state index in [-0.39, 0.29) is 5.91 Å². The molecule has 1 aromatic heterocycles. The number of carbonyl (C=O) groups excluding carboxylic acids is 1. The SMILES string of the molecule is CN(CC1CCC1)C(=O)c1csc(CN)n1. The summed E-state index contributed by atoms with van der Waals surface area (Å²) in [5, 5.41) is 2.61. The molecule has 1 fully saturated rings. The number of thiazole rings is 1. The van der Waals surface area contributed by atoms with Gasteiger partial charge in [-0.1, -0.05) is 6.42 Å². The second kappa shape index (κ2) is 4.93. The topological polar surface area (TPSA) is 59.2 Å². The average Bonchev–Trinajstić information content (AvgIpc) is 2.70. The summed E-state index contributed by atoms with van der Waals surface area (Å²) in [7, 11) is 1.85. The van der Waals surface area contributed by atoms with E-state index >= 15 is 0 Å². The second-order valence-electron chi connectivity index (χ2n) is 4.31.